The largest absolute Gasteiger partial charge is 0.480 e. The Kier molecular flexibility index (Phi) is 5.51. The van der Waals surface area contributed by atoms with Crippen LogP contribution in [-0.2, 0) is 19.1 Å². The molecule has 1 fully saturated rings. The summed E-state index contributed by atoms with van der Waals surface area (Å²) in [5.74, 6) is -2.21. The van der Waals surface area contributed by atoms with Crippen LogP contribution in [0.4, 0.5) is 5.69 Å². The predicted octanol–water partition coefficient (Wildman–Crippen LogP) is 1.12. The van der Waals surface area contributed by atoms with Gasteiger partial charge in [-0.3, -0.25) is 14.4 Å². The van der Waals surface area contributed by atoms with E-state index in [0.717, 1.165) is 10.4 Å². The average Bonchev–Trinajstić information content (AvgIpc) is 3.24. The highest BCUT2D eigenvalue weighted by Crippen LogP contribution is 2.32. The summed E-state index contributed by atoms with van der Waals surface area (Å²) in [6.07, 6.45) is 0. The van der Waals surface area contributed by atoms with Crippen LogP contribution in [0, 0.1) is 0 Å². The van der Waals surface area contributed by atoms with Crippen LogP contribution in [0.1, 0.15) is 10.4 Å². The molecule has 3 amide bonds. The van der Waals surface area contributed by atoms with Crippen LogP contribution in [0.3, 0.4) is 0 Å². The minimum atomic E-state index is -1.17. The summed E-state index contributed by atoms with van der Waals surface area (Å²) in [7, 11) is 0. The third-order valence-corrected chi connectivity index (χ3v) is 5.98. The number of ether oxygens (including phenoxy) is 1. The van der Waals surface area contributed by atoms with Crippen molar-refractivity contribution in [2.24, 2.45) is 0 Å². The number of aliphatic carboxylic acids is 1. The molecule has 0 bridgehead atoms. The van der Waals surface area contributed by atoms with Crippen molar-refractivity contribution in [2.45, 2.75) is 6.04 Å². The van der Waals surface area contributed by atoms with E-state index < -0.39 is 24.5 Å². The second kappa shape index (κ2) is 8.25. The molecule has 9 nitrogen and oxygen atoms in total. The number of piperazine rings is 1. The van der Waals surface area contributed by atoms with E-state index in [4.69, 9.17) is 9.84 Å². The molecule has 2 aromatic rings. The van der Waals surface area contributed by atoms with Crippen molar-refractivity contribution in [2.75, 3.05) is 38.2 Å². The van der Waals surface area contributed by atoms with Gasteiger partial charge in [-0.1, -0.05) is 12.1 Å². The van der Waals surface area contributed by atoms with Gasteiger partial charge in [-0.2, -0.15) is 0 Å². The smallest absolute Gasteiger partial charge is 0.329 e. The quantitative estimate of drug-likeness (QED) is 0.736. The molecule has 1 aromatic carbocycles. The molecular formula is C20H19N3O6S. The SMILES string of the molecule is O=C(O)COCC(=O)N1CCN2C(=O)c3cc(-c4cccs4)ccc3NC(=O)[C@@H]2C1. The van der Waals surface area contributed by atoms with E-state index in [2.05, 4.69) is 5.32 Å². The van der Waals surface area contributed by atoms with Crippen molar-refractivity contribution in [1.82, 2.24) is 9.80 Å². The number of carboxylic acid groups (broad SMARTS) is 1. The highest BCUT2D eigenvalue weighted by atomic mass is 32.1. The topological polar surface area (TPSA) is 116 Å². The van der Waals surface area contributed by atoms with Crippen LogP contribution >= 0.6 is 11.3 Å². The highest BCUT2D eigenvalue weighted by molar-refractivity contribution is 7.13. The molecule has 10 heteroatoms. The molecular weight excluding hydrogens is 410 g/mol. The third-order valence-electron chi connectivity index (χ3n) is 5.06. The number of hydrogen-bond donors (Lipinski definition) is 2. The number of amides is 3. The lowest BCUT2D eigenvalue weighted by atomic mass is 10.1. The lowest BCUT2D eigenvalue weighted by Gasteiger charge is -2.39. The molecule has 156 valence electrons. The molecule has 1 saturated heterocycles. The van der Waals surface area contributed by atoms with Crippen LogP contribution in [0.25, 0.3) is 10.4 Å². The first-order chi connectivity index (χ1) is 14.4. The number of nitrogens with one attached hydrogen (secondary N) is 1. The molecule has 0 unspecified atom stereocenters. The molecule has 0 radical (unpaired) electrons. The fourth-order valence-electron chi connectivity index (χ4n) is 3.59. The lowest BCUT2D eigenvalue weighted by molar-refractivity contribution is -0.147. The van der Waals surface area contributed by atoms with Gasteiger partial charge in [-0.15, -0.1) is 11.3 Å². The monoisotopic (exact) mass is 429 g/mol. The molecule has 2 aliphatic rings. The molecule has 1 aromatic heterocycles. The maximum absolute atomic E-state index is 13.2. The summed E-state index contributed by atoms with van der Waals surface area (Å²) in [6.45, 7) is -0.497. The van der Waals surface area contributed by atoms with Gasteiger partial charge >= 0.3 is 5.97 Å². The number of hydrogen-bond acceptors (Lipinski definition) is 6. The Hall–Kier alpha value is -3.24. The first-order valence-electron chi connectivity index (χ1n) is 9.31. The summed E-state index contributed by atoms with van der Waals surface area (Å²) in [4.78, 5) is 52.7. The van der Waals surface area contributed by atoms with E-state index in [1.165, 1.54) is 9.80 Å². The minimum absolute atomic E-state index is 0.0264. The third kappa shape index (κ3) is 3.91. The van der Waals surface area contributed by atoms with Crippen molar-refractivity contribution in [3.8, 4) is 10.4 Å². The summed E-state index contributed by atoms with van der Waals surface area (Å²) >= 11 is 1.56. The molecule has 1 atom stereocenters. The zero-order valence-electron chi connectivity index (χ0n) is 15.9. The van der Waals surface area contributed by atoms with Gasteiger partial charge in [0.25, 0.3) is 5.91 Å². The first kappa shape index (κ1) is 20.0. The number of carboxylic acids is 1. The number of fused-ring (bicyclic) bond motifs is 2. The molecule has 0 saturated carbocycles. The van der Waals surface area contributed by atoms with E-state index >= 15 is 0 Å². The van der Waals surface area contributed by atoms with Gasteiger partial charge in [0.15, 0.2) is 0 Å². The lowest BCUT2D eigenvalue weighted by Crippen LogP contribution is -2.60. The maximum Gasteiger partial charge on any atom is 0.329 e. The van der Waals surface area contributed by atoms with Gasteiger partial charge in [0.1, 0.15) is 19.3 Å². The molecule has 0 aliphatic carbocycles. The van der Waals surface area contributed by atoms with E-state index in [-0.39, 0.29) is 38.1 Å². The Bertz CT molecular complexity index is 1010. The normalized spacial score (nSPS) is 18.3. The van der Waals surface area contributed by atoms with Crippen molar-refractivity contribution < 1.29 is 29.0 Å². The molecule has 30 heavy (non-hydrogen) atoms. The Morgan fingerprint density at radius 1 is 1.20 bits per heavy atom. The van der Waals surface area contributed by atoms with Gasteiger partial charge in [0.05, 0.1) is 17.8 Å². The number of nitrogens with zero attached hydrogens (tertiary/aromatic N) is 2. The number of carbonyl (C=O) groups excluding carboxylic acids is 3. The first-order valence-corrected chi connectivity index (χ1v) is 10.2. The Morgan fingerprint density at radius 3 is 2.77 bits per heavy atom. The molecule has 3 heterocycles. The second-order valence-corrected chi connectivity index (χ2v) is 7.92. The molecule has 4 rings (SSSR count). The number of rotatable bonds is 5. The zero-order valence-corrected chi connectivity index (χ0v) is 16.7. The standard InChI is InChI=1S/C20H19N3O6S/c24-17(10-29-11-18(25)26)22-5-6-23-15(9-22)19(27)21-14-4-3-12(8-13(14)20(23)28)16-2-1-7-30-16/h1-4,7-8,15H,5-6,9-11H2,(H,21,27)(H,25,26)/t15-/m0/s1. The summed E-state index contributed by atoms with van der Waals surface area (Å²) < 4.78 is 4.85. The Balaban J connectivity index is 1.52. The Labute approximate surface area is 175 Å². The summed E-state index contributed by atoms with van der Waals surface area (Å²) in [5.41, 5.74) is 1.76. The zero-order chi connectivity index (χ0) is 21.3. The van der Waals surface area contributed by atoms with Crippen LogP contribution < -0.4 is 5.32 Å². The van der Waals surface area contributed by atoms with Crippen molar-refractivity contribution in [3.63, 3.8) is 0 Å². The van der Waals surface area contributed by atoms with Crippen molar-refractivity contribution >= 4 is 40.7 Å². The van der Waals surface area contributed by atoms with Crippen molar-refractivity contribution in [1.29, 1.82) is 0 Å². The molecule has 2 N–H and O–H groups in total. The van der Waals surface area contributed by atoms with Crippen LogP contribution in [0.5, 0.6) is 0 Å². The van der Waals surface area contributed by atoms with Crippen LogP contribution in [0.2, 0.25) is 0 Å². The van der Waals surface area contributed by atoms with Gasteiger partial charge in [0.2, 0.25) is 11.8 Å². The van der Waals surface area contributed by atoms with Gasteiger partial charge < -0.3 is 25.0 Å². The summed E-state index contributed by atoms with van der Waals surface area (Å²) in [6, 6.07) is 8.43. The minimum Gasteiger partial charge on any atom is -0.480 e. The number of thiophene rings is 1. The fraction of sp³-hybridized carbons (Fsp3) is 0.300. The predicted molar refractivity (Wildman–Crippen MR) is 108 cm³/mol. The number of anilines is 1. The number of benzene rings is 1. The van der Waals surface area contributed by atoms with E-state index in [9.17, 15) is 19.2 Å². The van der Waals surface area contributed by atoms with E-state index in [0.29, 0.717) is 11.3 Å². The van der Waals surface area contributed by atoms with Gasteiger partial charge in [-0.05, 0) is 29.1 Å². The van der Waals surface area contributed by atoms with Crippen LogP contribution in [0.15, 0.2) is 35.7 Å². The Morgan fingerprint density at radius 2 is 2.03 bits per heavy atom. The molecule has 0 spiro atoms. The maximum atomic E-state index is 13.2. The number of carbonyl (C=O) groups is 4. The highest BCUT2D eigenvalue weighted by Gasteiger charge is 2.40. The van der Waals surface area contributed by atoms with Crippen LogP contribution in [-0.4, -0.2) is 77.5 Å². The fourth-order valence-corrected chi connectivity index (χ4v) is 4.31. The van der Waals surface area contributed by atoms with Gasteiger partial charge in [0, 0.05) is 18.0 Å². The van der Waals surface area contributed by atoms with E-state index in [1.807, 2.05) is 23.6 Å². The second-order valence-electron chi connectivity index (χ2n) is 6.97. The van der Waals surface area contributed by atoms with E-state index in [1.54, 1.807) is 23.5 Å². The van der Waals surface area contributed by atoms with Gasteiger partial charge in [-0.25, -0.2) is 4.79 Å². The molecule has 2 aliphatic heterocycles. The average molecular weight is 429 g/mol. The van der Waals surface area contributed by atoms with Crippen molar-refractivity contribution in [3.05, 3.63) is 41.3 Å². The summed E-state index contributed by atoms with van der Waals surface area (Å²) in [5, 5.41) is 13.4.